The second-order valence-electron chi connectivity index (χ2n) is 4.78. The first-order chi connectivity index (χ1) is 11.5. The van der Waals surface area contributed by atoms with Gasteiger partial charge < -0.3 is 14.4 Å². The van der Waals surface area contributed by atoms with Gasteiger partial charge in [0.15, 0.2) is 8.38 Å². The van der Waals surface area contributed by atoms with E-state index in [2.05, 4.69) is 5.32 Å². The number of carbonyl (C=O) groups excluding carboxylic acids is 3. The molecule has 7 nitrogen and oxygen atoms in total. The Bertz CT molecular complexity index is 411. The molecule has 138 valence electrons. The lowest BCUT2D eigenvalue weighted by atomic mass is 10.2. The van der Waals surface area contributed by atoms with E-state index in [0.29, 0.717) is 32.5 Å². The third-order valence-corrected chi connectivity index (χ3v) is 4.20. The van der Waals surface area contributed by atoms with E-state index in [4.69, 9.17) is 9.05 Å². The highest BCUT2D eigenvalue weighted by molar-refractivity contribution is 7.46. The van der Waals surface area contributed by atoms with Gasteiger partial charge in [0.2, 0.25) is 5.91 Å². The maximum absolute atomic E-state index is 11.6. The van der Waals surface area contributed by atoms with Crippen LogP contribution in [0.3, 0.4) is 0 Å². The standard InChI is InChI=1S/C14H23N2O5P.C2H6/c1-20-22(2)21-11-9-15-12(17)6-4-3-5-10-16-13(18)7-8-14(16)19;1-2/h7-8H,3-6,9-11H2,1-2H3,(H,15,17);1-2H3. The highest BCUT2D eigenvalue weighted by Gasteiger charge is 2.22. The maximum Gasteiger partial charge on any atom is 0.253 e. The van der Waals surface area contributed by atoms with Gasteiger partial charge in [0.05, 0.1) is 6.61 Å². The van der Waals surface area contributed by atoms with Crippen LogP contribution in [-0.4, -0.2) is 56.1 Å². The van der Waals surface area contributed by atoms with Crippen LogP contribution in [0, 0.1) is 0 Å². The van der Waals surface area contributed by atoms with Gasteiger partial charge in [-0.25, -0.2) is 0 Å². The van der Waals surface area contributed by atoms with E-state index in [1.165, 1.54) is 17.1 Å². The summed E-state index contributed by atoms with van der Waals surface area (Å²) >= 11 is 0. The molecule has 0 radical (unpaired) electrons. The molecule has 0 aliphatic carbocycles. The minimum absolute atomic E-state index is 0.0172. The smallest absolute Gasteiger partial charge is 0.253 e. The monoisotopic (exact) mass is 360 g/mol. The summed E-state index contributed by atoms with van der Waals surface area (Å²) in [7, 11) is 0.734. The fourth-order valence-corrected chi connectivity index (χ4v) is 2.34. The lowest BCUT2D eigenvalue weighted by Crippen LogP contribution is -2.31. The zero-order chi connectivity index (χ0) is 18.4. The first-order valence-corrected chi connectivity index (χ1v) is 9.88. The summed E-state index contributed by atoms with van der Waals surface area (Å²) in [6.07, 6.45) is 5.24. The molecule has 1 heterocycles. The summed E-state index contributed by atoms with van der Waals surface area (Å²) in [5.41, 5.74) is 0. The normalized spacial score (nSPS) is 14.4. The van der Waals surface area contributed by atoms with Crippen molar-refractivity contribution >= 4 is 26.1 Å². The van der Waals surface area contributed by atoms with Crippen LogP contribution < -0.4 is 5.32 Å². The van der Waals surface area contributed by atoms with Crippen molar-refractivity contribution in [2.45, 2.75) is 39.5 Å². The van der Waals surface area contributed by atoms with E-state index in [1.54, 1.807) is 7.11 Å². The van der Waals surface area contributed by atoms with Crippen LogP contribution in [0.15, 0.2) is 12.2 Å². The van der Waals surface area contributed by atoms with Gasteiger partial charge in [-0.3, -0.25) is 19.3 Å². The molecule has 1 rings (SSSR count). The summed E-state index contributed by atoms with van der Waals surface area (Å²) < 4.78 is 10.3. The van der Waals surface area contributed by atoms with Gasteiger partial charge in [0, 0.05) is 45.4 Å². The molecule has 0 saturated heterocycles. The maximum atomic E-state index is 11.6. The van der Waals surface area contributed by atoms with Gasteiger partial charge in [-0.15, -0.1) is 0 Å². The third-order valence-electron chi connectivity index (χ3n) is 3.14. The second-order valence-corrected chi connectivity index (χ2v) is 6.28. The topological polar surface area (TPSA) is 84.9 Å². The van der Waals surface area contributed by atoms with Crippen molar-refractivity contribution in [1.29, 1.82) is 0 Å². The van der Waals surface area contributed by atoms with Crippen molar-refractivity contribution in [1.82, 2.24) is 10.2 Å². The largest absolute Gasteiger partial charge is 0.354 e. The Kier molecular flexibility index (Phi) is 13.3. The van der Waals surface area contributed by atoms with Crippen LogP contribution >= 0.6 is 8.38 Å². The summed E-state index contributed by atoms with van der Waals surface area (Å²) in [5.74, 6) is -0.527. The highest BCUT2D eigenvalue weighted by atomic mass is 31.2. The highest BCUT2D eigenvalue weighted by Crippen LogP contribution is 2.30. The molecule has 1 N–H and O–H groups in total. The second kappa shape index (κ2) is 14.1. The van der Waals surface area contributed by atoms with E-state index in [0.717, 1.165) is 12.8 Å². The Hall–Kier alpha value is -1.30. The minimum Gasteiger partial charge on any atom is -0.354 e. The molecule has 0 aromatic heterocycles. The Morgan fingerprint density at radius 2 is 1.79 bits per heavy atom. The summed E-state index contributed by atoms with van der Waals surface area (Å²) in [6, 6.07) is 0. The zero-order valence-corrected chi connectivity index (χ0v) is 15.9. The number of imide groups is 1. The SMILES string of the molecule is CC.COP(C)OCCNC(=O)CCCCCN1C(=O)C=CC1=O. The Balaban J connectivity index is 0.00000254. The van der Waals surface area contributed by atoms with E-state index in [1.807, 2.05) is 20.5 Å². The van der Waals surface area contributed by atoms with Crippen molar-refractivity contribution in [2.75, 3.05) is 33.5 Å². The van der Waals surface area contributed by atoms with Crippen molar-refractivity contribution < 1.29 is 23.4 Å². The van der Waals surface area contributed by atoms with E-state index in [9.17, 15) is 14.4 Å². The van der Waals surface area contributed by atoms with Crippen LogP contribution in [0.2, 0.25) is 0 Å². The quantitative estimate of drug-likeness (QED) is 0.347. The molecule has 24 heavy (non-hydrogen) atoms. The van der Waals surface area contributed by atoms with Crippen LogP contribution in [0.5, 0.6) is 0 Å². The van der Waals surface area contributed by atoms with E-state index < -0.39 is 8.38 Å². The molecule has 0 spiro atoms. The van der Waals surface area contributed by atoms with E-state index in [-0.39, 0.29) is 17.7 Å². The number of carbonyl (C=O) groups is 3. The first kappa shape index (κ1) is 22.7. The summed E-state index contributed by atoms with van der Waals surface area (Å²) in [6.45, 7) is 7.17. The minimum atomic E-state index is -0.853. The zero-order valence-electron chi connectivity index (χ0n) is 15.0. The molecule has 8 heteroatoms. The predicted molar refractivity (Wildman–Crippen MR) is 94.5 cm³/mol. The molecular formula is C16H29N2O5P. The molecule has 1 unspecified atom stereocenters. The van der Waals surface area contributed by atoms with Gasteiger partial charge in [0.25, 0.3) is 11.8 Å². The molecular weight excluding hydrogens is 331 g/mol. The van der Waals surface area contributed by atoms with E-state index >= 15 is 0 Å². The molecule has 1 atom stereocenters. The van der Waals surface area contributed by atoms with Gasteiger partial charge in [-0.05, 0) is 12.8 Å². The summed E-state index contributed by atoms with van der Waals surface area (Å²) in [4.78, 5) is 35.4. The van der Waals surface area contributed by atoms with Gasteiger partial charge in [-0.1, -0.05) is 20.3 Å². The molecule has 0 aromatic carbocycles. The van der Waals surface area contributed by atoms with Crippen LogP contribution in [-0.2, 0) is 23.4 Å². The fraction of sp³-hybridized carbons (Fsp3) is 0.688. The summed E-state index contributed by atoms with van der Waals surface area (Å²) in [5, 5.41) is 2.77. The van der Waals surface area contributed by atoms with Crippen molar-refractivity contribution in [3.63, 3.8) is 0 Å². The van der Waals surface area contributed by atoms with Crippen LogP contribution in [0.4, 0.5) is 0 Å². The third kappa shape index (κ3) is 9.75. The fourth-order valence-electron chi connectivity index (χ4n) is 1.89. The molecule has 1 aliphatic rings. The van der Waals surface area contributed by atoms with Gasteiger partial charge >= 0.3 is 0 Å². The first-order valence-electron chi connectivity index (χ1n) is 8.25. The van der Waals surface area contributed by atoms with Crippen LogP contribution in [0.25, 0.3) is 0 Å². The molecule has 0 aromatic rings. The predicted octanol–water partition coefficient (Wildman–Crippen LogP) is 2.22. The molecule has 0 saturated carbocycles. The number of hydrogen-bond acceptors (Lipinski definition) is 5. The Morgan fingerprint density at radius 3 is 2.38 bits per heavy atom. The molecule has 1 aliphatic heterocycles. The number of rotatable bonds is 11. The van der Waals surface area contributed by atoms with Crippen LogP contribution in [0.1, 0.15) is 39.5 Å². The van der Waals surface area contributed by atoms with Gasteiger partial charge in [0.1, 0.15) is 0 Å². The molecule has 0 fully saturated rings. The van der Waals surface area contributed by atoms with Crippen molar-refractivity contribution in [2.24, 2.45) is 0 Å². The number of nitrogens with one attached hydrogen (secondary N) is 1. The van der Waals surface area contributed by atoms with Crippen molar-refractivity contribution in [3.05, 3.63) is 12.2 Å². The Labute approximate surface area is 145 Å². The average molecular weight is 360 g/mol. The lowest BCUT2D eigenvalue weighted by Gasteiger charge is -2.13. The van der Waals surface area contributed by atoms with Gasteiger partial charge in [-0.2, -0.15) is 0 Å². The van der Waals surface area contributed by atoms with Crippen molar-refractivity contribution in [3.8, 4) is 0 Å². The lowest BCUT2D eigenvalue weighted by molar-refractivity contribution is -0.136. The molecule has 0 bridgehead atoms. The Morgan fingerprint density at radius 1 is 1.17 bits per heavy atom. The average Bonchev–Trinajstić information content (AvgIpc) is 2.91. The number of unbranched alkanes of at least 4 members (excludes halogenated alkanes) is 2. The number of nitrogens with zero attached hydrogens (tertiary/aromatic N) is 1. The number of amides is 3. The molecule has 3 amide bonds. The number of hydrogen-bond donors (Lipinski definition) is 1.